The first-order valence-corrected chi connectivity index (χ1v) is 5.77. The van der Waals surface area contributed by atoms with E-state index in [9.17, 15) is 10.1 Å². The van der Waals surface area contributed by atoms with Crippen LogP contribution in [0.5, 0.6) is 0 Å². The summed E-state index contributed by atoms with van der Waals surface area (Å²) < 4.78 is 5.50. The van der Waals surface area contributed by atoms with Gasteiger partial charge in [0.15, 0.2) is 0 Å². The zero-order valence-corrected chi connectivity index (χ0v) is 9.59. The number of anilines is 1. The van der Waals surface area contributed by atoms with E-state index in [4.69, 9.17) is 10.5 Å². The van der Waals surface area contributed by atoms with E-state index in [1.54, 1.807) is 12.1 Å². The van der Waals surface area contributed by atoms with Gasteiger partial charge >= 0.3 is 0 Å². The molecule has 0 aromatic heterocycles. The van der Waals surface area contributed by atoms with Crippen molar-refractivity contribution in [3.05, 3.63) is 33.9 Å². The van der Waals surface area contributed by atoms with Crippen molar-refractivity contribution in [2.75, 3.05) is 12.3 Å². The molecule has 1 aliphatic rings. The van der Waals surface area contributed by atoms with Gasteiger partial charge in [0.1, 0.15) is 5.69 Å². The summed E-state index contributed by atoms with van der Waals surface area (Å²) in [5, 5.41) is 10.6. The summed E-state index contributed by atoms with van der Waals surface area (Å²) in [4.78, 5) is 10.1. The highest BCUT2D eigenvalue weighted by molar-refractivity contribution is 5.59. The van der Waals surface area contributed by atoms with Gasteiger partial charge in [-0.2, -0.15) is 0 Å². The van der Waals surface area contributed by atoms with Crippen molar-refractivity contribution in [1.29, 1.82) is 0 Å². The molecule has 5 nitrogen and oxygen atoms in total. The highest BCUT2D eigenvalue weighted by Crippen LogP contribution is 2.32. The van der Waals surface area contributed by atoms with Crippen molar-refractivity contribution >= 4 is 11.4 Å². The third-order valence-corrected chi connectivity index (χ3v) is 2.92. The van der Waals surface area contributed by atoms with Crippen LogP contribution in [-0.4, -0.2) is 11.5 Å². The number of nitrogens with two attached hydrogens (primary N) is 1. The topological polar surface area (TPSA) is 78.4 Å². The van der Waals surface area contributed by atoms with E-state index in [2.05, 4.69) is 0 Å². The molecule has 0 atom stereocenters. The van der Waals surface area contributed by atoms with E-state index >= 15 is 0 Å². The Morgan fingerprint density at radius 2 is 2.24 bits per heavy atom. The molecule has 0 unspecified atom stereocenters. The van der Waals surface area contributed by atoms with E-state index in [0.29, 0.717) is 6.61 Å². The van der Waals surface area contributed by atoms with Gasteiger partial charge in [0.05, 0.1) is 11.5 Å². The predicted molar refractivity (Wildman–Crippen MR) is 64.5 cm³/mol. The van der Waals surface area contributed by atoms with Crippen molar-refractivity contribution in [3.8, 4) is 0 Å². The Morgan fingerprint density at radius 1 is 1.47 bits per heavy atom. The first kappa shape index (κ1) is 11.9. The van der Waals surface area contributed by atoms with Gasteiger partial charge in [0, 0.05) is 12.7 Å². The molecule has 0 heterocycles. The van der Waals surface area contributed by atoms with Gasteiger partial charge < -0.3 is 10.5 Å². The zero-order chi connectivity index (χ0) is 12.3. The number of nitro groups is 1. The van der Waals surface area contributed by atoms with Crippen molar-refractivity contribution in [2.24, 2.45) is 5.92 Å². The molecule has 1 aromatic carbocycles. The smallest absolute Gasteiger partial charge is 0.292 e. The van der Waals surface area contributed by atoms with Crippen LogP contribution in [0.4, 0.5) is 11.4 Å². The quantitative estimate of drug-likeness (QED) is 0.356. The van der Waals surface area contributed by atoms with E-state index < -0.39 is 4.92 Å². The van der Waals surface area contributed by atoms with Gasteiger partial charge in [-0.25, -0.2) is 0 Å². The Labute approximate surface area is 99.7 Å². The molecular formula is C12H16N2O3. The van der Waals surface area contributed by atoms with Gasteiger partial charge in [-0.1, -0.05) is 12.8 Å². The van der Waals surface area contributed by atoms with Crippen LogP contribution < -0.4 is 5.73 Å². The summed E-state index contributed by atoms with van der Waals surface area (Å²) in [7, 11) is 0. The Kier molecular flexibility index (Phi) is 3.58. The molecule has 0 aliphatic heterocycles. The second kappa shape index (κ2) is 5.14. The van der Waals surface area contributed by atoms with E-state index in [0.717, 1.165) is 24.5 Å². The van der Waals surface area contributed by atoms with Crippen molar-refractivity contribution in [2.45, 2.75) is 25.9 Å². The number of hydrogen-bond donors (Lipinski definition) is 1. The molecule has 0 radical (unpaired) electrons. The zero-order valence-electron chi connectivity index (χ0n) is 9.59. The molecule has 0 spiro atoms. The third-order valence-electron chi connectivity index (χ3n) is 2.92. The molecule has 17 heavy (non-hydrogen) atoms. The molecule has 1 aromatic rings. The number of rotatable bonds is 6. The largest absolute Gasteiger partial charge is 0.393 e. The number of nitrogen functional groups attached to an aromatic ring is 1. The van der Waals surface area contributed by atoms with Crippen LogP contribution in [0.25, 0.3) is 0 Å². The minimum Gasteiger partial charge on any atom is -0.393 e. The van der Waals surface area contributed by atoms with Crippen LogP contribution in [0.3, 0.4) is 0 Å². The number of hydrogen-bond acceptors (Lipinski definition) is 4. The number of ether oxygens (including phenoxy) is 1. The van der Waals surface area contributed by atoms with Gasteiger partial charge in [-0.3, -0.25) is 10.1 Å². The molecule has 1 saturated carbocycles. The molecule has 1 aliphatic carbocycles. The van der Waals surface area contributed by atoms with E-state index in [1.165, 1.54) is 18.9 Å². The van der Waals surface area contributed by atoms with Crippen LogP contribution in [0.2, 0.25) is 0 Å². The molecule has 5 heteroatoms. The molecule has 92 valence electrons. The molecule has 2 N–H and O–H groups in total. The lowest BCUT2D eigenvalue weighted by Gasteiger charge is -2.05. The first-order chi connectivity index (χ1) is 8.16. The third kappa shape index (κ3) is 3.42. The Bertz CT molecular complexity index is 416. The molecule has 1 fully saturated rings. The molecular weight excluding hydrogens is 220 g/mol. The highest BCUT2D eigenvalue weighted by Gasteiger charge is 2.20. The minimum atomic E-state index is -0.479. The van der Waals surface area contributed by atoms with Crippen LogP contribution in [0.15, 0.2) is 18.2 Å². The first-order valence-electron chi connectivity index (χ1n) is 5.77. The second-order valence-electron chi connectivity index (χ2n) is 4.43. The maximum absolute atomic E-state index is 10.6. The van der Waals surface area contributed by atoms with Crippen molar-refractivity contribution in [3.63, 3.8) is 0 Å². The van der Waals surface area contributed by atoms with Crippen LogP contribution in [0.1, 0.15) is 24.8 Å². The SMILES string of the molecule is Nc1cc(COCCC2CC2)ccc1[N+](=O)[O-]. The van der Waals surface area contributed by atoms with E-state index in [1.807, 2.05) is 0 Å². The van der Waals surface area contributed by atoms with Gasteiger partial charge in [-0.15, -0.1) is 0 Å². The number of benzene rings is 1. The van der Waals surface area contributed by atoms with Crippen LogP contribution >= 0.6 is 0 Å². The fourth-order valence-electron chi connectivity index (χ4n) is 1.71. The second-order valence-corrected chi connectivity index (χ2v) is 4.43. The molecule has 0 saturated heterocycles. The average Bonchev–Trinajstić information content (AvgIpc) is 3.08. The Hall–Kier alpha value is -1.62. The van der Waals surface area contributed by atoms with Crippen molar-refractivity contribution in [1.82, 2.24) is 0 Å². The number of nitro benzene ring substituents is 1. The maximum atomic E-state index is 10.6. The van der Waals surface area contributed by atoms with Gasteiger partial charge in [0.2, 0.25) is 0 Å². The standard InChI is InChI=1S/C12H16N2O3/c13-11-7-10(3-4-12(11)14(15)16)8-17-6-5-9-1-2-9/h3-4,7,9H,1-2,5-6,8,13H2. The summed E-state index contributed by atoms with van der Waals surface area (Å²) in [5.74, 6) is 0.858. The lowest BCUT2D eigenvalue weighted by Crippen LogP contribution is -2.00. The van der Waals surface area contributed by atoms with Gasteiger partial charge in [-0.05, 0) is 30.0 Å². The number of nitrogens with zero attached hydrogens (tertiary/aromatic N) is 1. The Morgan fingerprint density at radius 3 is 2.82 bits per heavy atom. The molecule has 0 amide bonds. The summed E-state index contributed by atoms with van der Waals surface area (Å²) >= 11 is 0. The molecule has 2 rings (SSSR count). The minimum absolute atomic E-state index is 0.0493. The van der Waals surface area contributed by atoms with Crippen LogP contribution in [-0.2, 0) is 11.3 Å². The summed E-state index contributed by atoms with van der Waals surface area (Å²) in [6.07, 6.45) is 3.77. The molecule has 0 bridgehead atoms. The van der Waals surface area contributed by atoms with Crippen molar-refractivity contribution < 1.29 is 9.66 Å². The summed E-state index contributed by atoms with van der Waals surface area (Å²) in [6.45, 7) is 1.22. The fraction of sp³-hybridized carbons (Fsp3) is 0.500. The van der Waals surface area contributed by atoms with Gasteiger partial charge in [0.25, 0.3) is 5.69 Å². The summed E-state index contributed by atoms with van der Waals surface area (Å²) in [6, 6.07) is 4.72. The average molecular weight is 236 g/mol. The Balaban J connectivity index is 1.83. The summed E-state index contributed by atoms with van der Waals surface area (Å²) in [5.41, 5.74) is 6.61. The van der Waals surface area contributed by atoms with E-state index in [-0.39, 0.29) is 11.4 Å². The lowest BCUT2D eigenvalue weighted by atomic mass is 10.2. The highest BCUT2D eigenvalue weighted by atomic mass is 16.6. The normalized spacial score (nSPS) is 14.8. The lowest BCUT2D eigenvalue weighted by molar-refractivity contribution is -0.383. The maximum Gasteiger partial charge on any atom is 0.292 e. The predicted octanol–water partition coefficient (Wildman–Crippen LogP) is 2.49. The van der Waals surface area contributed by atoms with Crippen LogP contribution in [0, 0.1) is 16.0 Å². The monoisotopic (exact) mass is 236 g/mol. The fourth-order valence-corrected chi connectivity index (χ4v) is 1.71.